The third-order valence-corrected chi connectivity index (χ3v) is 2.70. The van der Waals surface area contributed by atoms with Gasteiger partial charge in [0.2, 0.25) is 0 Å². The summed E-state index contributed by atoms with van der Waals surface area (Å²) < 4.78 is 15.2. The molecular weight excluding hydrogens is 232 g/mol. The largest absolute Gasteiger partial charge is 0.311 e. The van der Waals surface area contributed by atoms with Crippen LogP contribution in [0.2, 0.25) is 0 Å². The smallest absolute Gasteiger partial charge is 0.250 e. The van der Waals surface area contributed by atoms with E-state index in [4.69, 9.17) is 0 Å². The molecule has 2 aromatic rings. The molecule has 0 unspecified atom stereocenters. The van der Waals surface area contributed by atoms with Crippen molar-refractivity contribution in [2.24, 2.45) is 0 Å². The molecule has 0 atom stereocenters. The number of benzene rings is 1. The molecule has 0 amide bonds. The predicted molar refractivity (Wildman–Crippen MR) is 69.1 cm³/mol. The van der Waals surface area contributed by atoms with Crippen molar-refractivity contribution in [3.8, 4) is 0 Å². The van der Waals surface area contributed by atoms with Crippen LogP contribution in [-0.4, -0.2) is 18.1 Å². The summed E-state index contributed by atoms with van der Waals surface area (Å²) in [6, 6.07) is 9.06. The van der Waals surface area contributed by atoms with Crippen molar-refractivity contribution in [2.45, 2.75) is 6.54 Å². The number of carbonyl (C=O) groups excluding carboxylic acids is 1. The fourth-order valence-corrected chi connectivity index (χ4v) is 1.67. The van der Waals surface area contributed by atoms with Gasteiger partial charge in [0.25, 0.3) is 5.56 Å². The molecule has 0 fully saturated rings. The highest BCUT2D eigenvalue weighted by Gasteiger charge is 2.07. The van der Waals surface area contributed by atoms with Crippen LogP contribution in [0.25, 0.3) is 0 Å². The molecule has 1 aromatic carbocycles. The minimum Gasteiger partial charge on any atom is -0.311 e. The molecule has 5 heteroatoms. The quantitative estimate of drug-likeness (QED) is 0.748. The van der Waals surface area contributed by atoms with E-state index < -0.39 is 5.82 Å². The summed E-state index contributed by atoms with van der Waals surface area (Å²) in [6.45, 7) is 0.156. The number of rotatable bonds is 3. The third-order valence-electron chi connectivity index (χ3n) is 2.70. The highest BCUT2D eigenvalue weighted by Crippen LogP contribution is 2.11. The maximum atomic E-state index is 13.8. The van der Waals surface area contributed by atoms with E-state index in [1.165, 1.54) is 30.6 Å². The molecule has 1 aromatic heterocycles. The lowest BCUT2D eigenvalue weighted by atomic mass is 9.94. The first-order valence-electron chi connectivity index (χ1n) is 5.53. The molecular formula is C13H11BFNO2. The fraction of sp³-hybridized carbons (Fsp3) is 0.0769. The van der Waals surface area contributed by atoms with E-state index in [0.717, 1.165) is 0 Å². The van der Waals surface area contributed by atoms with Crippen molar-refractivity contribution in [1.82, 2.24) is 4.57 Å². The Morgan fingerprint density at radius 1 is 1.28 bits per heavy atom. The van der Waals surface area contributed by atoms with E-state index in [9.17, 15) is 14.0 Å². The van der Waals surface area contributed by atoms with E-state index in [1.807, 2.05) is 0 Å². The molecule has 3 nitrogen and oxygen atoms in total. The lowest BCUT2D eigenvalue weighted by Crippen LogP contribution is -2.19. The highest BCUT2D eigenvalue weighted by atomic mass is 19.1. The number of aromatic nitrogens is 1. The fourth-order valence-electron chi connectivity index (χ4n) is 1.67. The van der Waals surface area contributed by atoms with Crippen molar-refractivity contribution >= 4 is 13.5 Å². The van der Waals surface area contributed by atoms with Crippen molar-refractivity contribution in [3.05, 3.63) is 69.9 Å². The Morgan fingerprint density at radius 3 is 2.67 bits per heavy atom. The van der Waals surface area contributed by atoms with Crippen LogP contribution < -0.4 is 5.56 Å². The molecule has 0 aliphatic rings. The molecule has 18 heavy (non-hydrogen) atoms. The number of nitrogens with zero attached hydrogens (tertiary/aromatic N) is 1. The topological polar surface area (TPSA) is 39.1 Å². The Balaban J connectivity index is 2.33. The van der Waals surface area contributed by atoms with Crippen LogP contribution in [0.3, 0.4) is 0 Å². The standard InChI is InChI=1S/C13H11BFNO2/c14-13(18)9-4-5-10(11(15)7-9)8-16-6-2-1-3-12(16)17/h1-7H,8,14H2. The molecule has 0 bridgehead atoms. The summed E-state index contributed by atoms with van der Waals surface area (Å²) >= 11 is 0. The van der Waals surface area contributed by atoms with E-state index >= 15 is 0 Å². The van der Waals surface area contributed by atoms with E-state index in [2.05, 4.69) is 0 Å². The SMILES string of the molecule is BC(=O)c1ccc(Cn2ccccc2=O)c(F)c1. The Labute approximate surface area is 104 Å². The normalized spacial score (nSPS) is 10.3. The summed E-state index contributed by atoms with van der Waals surface area (Å²) in [7, 11) is 1.39. The van der Waals surface area contributed by atoms with E-state index in [0.29, 0.717) is 11.1 Å². The summed E-state index contributed by atoms with van der Waals surface area (Å²) in [5.74, 6) is -0.474. The molecule has 90 valence electrons. The van der Waals surface area contributed by atoms with Gasteiger partial charge in [-0.25, -0.2) is 4.39 Å². The molecule has 0 spiro atoms. The number of halogens is 1. The van der Waals surface area contributed by atoms with Gasteiger partial charge in [0, 0.05) is 23.4 Å². The minimum absolute atomic E-state index is 0.156. The van der Waals surface area contributed by atoms with Gasteiger partial charge in [-0.1, -0.05) is 18.2 Å². The van der Waals surface area contributed by atoms with Crippen LogP contribution in [0.15, 0.2) is 47.4 Å². The van der Waals surface area contributed by atoms with Crippen LogP contribution >= 0.6 is 0 Å². The van der Waals surface area contributed by atoms with Crippen molar-refractivity contribution in [1.29, 1.82) is 0 Å². The second-order valence-corrected chi connectivity index (χ2v) is 4.03. The molecule has 0 aliphatic heterocycles. The van der Waals surface area contributed by atoms with E-state index in [-0.39, 0.29) is 17.8 Å². The maximum absolute atomic E-state index is 13.8. The maximum Gasteiger partial charge on any atom is 0.250 e. The zero-order chi connectivity index (χ0) is 13.1. The van der Waals surface area contributed by atoms with Crippen molar-refractivity contribution < 1.29 is 9.18 Å². The molecule has 0 saturated carbocycles. The second-order valence-electron chi connectivity index (χ2n) is 4.03. The van der Waals surface area contributed by atoms with Gasteiger partial charge in [-0.15, -0.1) is 0 Å². The molecule has 2 rings (SSSR count). The van der Waals surface area contributed by atoms with Crippen LogP contribution in [0.1, 0.15) is 15.9 Å². The Morgan fingerprint density at radius 2 is 2.06 bits per heavy atom. The molecule has 0 saturated heterocycles. The average Bonchev–Trinajstić information content (AvgIpc) is 2.34. The highest BCUT2D eigenvalue weighted by molar-refractivity contribution is 6.62. The van der Waals surface area contributed by atoms with Gasteiger partial charge in [0.1, 0.15) is 11.5 Å². The third kappa shape index (κ3) is 2.56. The first-order valence-corrected chi connectivity index (χ1v) is 5.53. The zero-order valence-electron chi connectivity index (χ0n) is 9.89. The first-order chi connectivity index (χ1) is 8.58. The van der Waals surface area contributed by atoms with Gasteiger partial charge < -0.3 is 9.36 Å². The van der Waals surface area contributed by atoms with Crippen molar-refractivity contribution in [3.63, 3.8) is 0 Å². The van der Waals surface area contributed by atoms with Gasteiger partial charge in [0.15, 0.2) is 7.85 Å². The van der Waals surface area contributed by atoms with Crippen LogP contribution in [0, 0.1) is 5.82 Å². The van der Waals surface area contributed by atoms with Gasteiger partial charge in [-0.05, 0) is 12.1 Å². The summed E-state index contributed by atoms with van der Waals surface area (Å²) in [5.41, 5.74) is 0.342. The average molecular weight is 243 g/mol. The lowest BCUT2D eigenvalue weighted by Gasteiger charge is -2.07. The van der Waals surface area contributed by atoms with Gasteiger partial charge in [0.05, 0.1) is 6.54 Å². The van der Waals surface area contributed by atoms with Gasteiger partial charge in [-0.2, -0.15) is 0 Å². The molecule has 1 heterocycles. The minimum atomic E-state index is -0.474. The Kier molecular flexibility index (Phi) is 3.41. The second kappa shape index (κ2) is 5.00. The Hall–Kier alpha value is -2.17. The number of carbonyl (C=O) groups is 1. The Bertz CT molecular complexity index is 651. The number of hydrogen-bond donors (Lipinski definition) is 0. The van der Waals surface area contributed by atoms with Gasteiger partial charge >= 0.3 is 0 Å². The summed E-state index contributed by atoms with van der Waals surface area (Å²) in [6.07, 6.45) is 1.60. The first kappa shape index (κ1) is 12.3. The molecule has 0 aliphatic carbocycles. The monoisotopic (exact) mass is 243 g/mol. The summed E-state index contributed by atoms with van der Waals surface area (Å²) in [5, 5.41) is 0. The lowest BCUT2D eigenvalue weighted by molar-refractivity contribution is 0.108. The number of pyridine rings is 1. The van der Waals surface area contributed by atoms with Gasteiger partial charge in [-0.3, -0.25) is 4.79 Å². The van der Waals surface area contributed by atoms with Crippen LogP contribution in [-0.2, 0) is 6.54 Å². The van der Waals surface area contributed by atoms with Crippen LogP contribution in [0.4, 0.5) is 4.39 Å². The number of hydrogen-bond acceptors (Lipinski definition) is 2. The van der Waals surface area contributed by atoms with E-state index in [1.54, 1.807) is 24.4 Å². The summed E-state index contributed by atoms with van der Waals surface area (Å²) in [4.78, 5) is 22.6. The molecule has 0 N–H and O–H groups in total. The van der Waals surface area contributed by atoms with Crippen molar-refractivity contribution in [2.75, 3.05) is 0 Å². The van der Waals surface area contributed by atoms with Crippen LogP contribution in [0.5, 0.6) is 0 Å². The molecule has 0 radical (unpaired) electrons. The predicted octanol–water partition coefficient (Wildman–Crippen LogP) is 0.809. The zero-order valence-corrected chi connectivity index (χ0v) is 9.89.